The quantitative estimate of drug-likeness (QED) is 0.388. The lowest BCUT2D eigenvalue weighted by Crippen LogP contribution is -2.35. The van der Waals surface area contributed by atoms with E-state index < -0.39 is 5.97 Å². The summed E-state index contributed by atoms with van der Waals surface area (Å²) >= 11 is 4.82. The van der Waals surface area contributed by atoms with Gasteiger partial charge < -0.3 is 14.2 Å². The number of amides is 1. The van der Waals surface area contributed by atoms with Crippen LogP contribution in [-0.2, 0) is 14.3 Å². The number of carbonyl (C=O) groups is 2. The Balaban J connectivity index is 2.33. The van der Waals surface area contributed by atoms with Crippen LogP contribution in [0.15, 0.2) is 26.5 Å². The average Bonchev–Trinajstić information content (AvgIpc) is 2.94. The number of rotatable bonds is 8. The SMILES string of the molecule is CCOC(=O)COc1c(Br)cc(/C=C2/SC(=NC(C)C)N(C(C)C)C2=O)cc1OC. The van der Waals surface area contributed by atoms with E-state index in [-0.39, 0.29) is 31.2 Å². The molecule has 0 N–H and O–H groups in total. The van der Waals surface area contributed by atoms with Crippen molar-refractivity contribution in [2.75, 3.05) is 20.3 Å². The largest absolute Gasteiger partial charge is 0.493 e. The average molecular weight is 499 g/mol. The van der Waals surface area contributed by atoms with Gasteiger partial charge in [0.2, 0.25) is 0 Å². The number of methoxy groups -OCH3 is 1. The monoisotopic (exact) mass is 498 g/mol. The van der Waals surface area contributed by atoms with E-state index in [0.717, 1.165) is 5.56 Å². The molecule has 1 saturated heterocycles. The fourth-order valence-electron chi connectivity index (χ4n) is 2.70. The van der Waals surface area contributed by atoms with Crippen LogP contribution in [0, 0.1) is 0 Å². The van der Waals surface area contributed by atoms with E-state index in [1.54, 1.807) is 30.0 Å². The van der Waals surface area contributed by atoms with Crippen molar-refractivity contribution in [2.45, 2.75) is 46.7 Å². The molecule has 164 valence electrons. The minimum atomic E-state index is -0.462. The van der Waals surface area contributed by atoms with Gasteiger partial charge in [-0.25, -0.2) is 4.79 Å². The number of carbonyl (C=O) groups excluding carboxylic acids is 2. The van der Waals surface area contributed by atoms with Crippen molar-refractivity contribution in [3.63, 3.8) is 0 Å². The molecular weight excluding hydrogens is 472 g/mol. The minimum Gasteiger partial charge on any atom is -0.493 e. The fraction of sp³-hybridized carbons (Fsp3) is 0.476. The zero-order valence-electron chi connectivity index (χ0n) is 18.0. The van der Waals surface area contributed by atoms with Crippen LogP contribution in [0.4, 0.5) is 0 Å². The summed E-state index contributed by atoms with van der Waals surface area (Å²) in [4.78, 5) is 31.4. The van der Waals surface area contributed by atoms with E-state index >= 15 is 0 Å². The molecule has 0 atom stereocenters. The highest BCUT2D eigenvalue weighted by Crippen LogP contribution is 2.39. The summed E-state index contributed by atoms with van der Waals surface area (Å²) < 4.78 is 16.5. The number of esters is 1. The highest BCUT2D eigenvalue weighted by atomic mass is 79.9. The standard InChI is InChI=1S/C21H27BrN2O5S/c1-7-28-18(25)11-29-19-15(22)8-14(9-16(19)27-6)10-17-20(26)24(13(4)5)21(30-17)23-12(2)3/h8-10,12-13H,7,11H2,1-6H3/b17-10+,23-21?. The maximum Gasteiger partial charge on any atom is 0.344 e. The molecule has 1 aliphatic rings. The van der Waals surface area contributed by atoms with Gasteiger partial charge in [-0.05, 0) is 86.1 Å². The van der Waals surface area contributed by atoms with E-state index in [1.807, 2.05) is 27.7 Å². The Bertz CT molecular complexity index is 867. The second-order valence-corrected chi connectivity index (χ2v) is 8.88. The fourth-order valence-corrected chi connectivity index (χ4v) is 4.51. The molecule has 0 aliphatic carbocycles. The number of ether oxygens (including phenoxy) is 3. The van der Waals surface area contributed by atoms with Gasteiger partial charge in [-0.3, -0.25) is 14.7 Å². The maximum absolute atomic E-state index is 12.9. The lowest BCUT2D eigenvalue weighted by atomic mass is 10.1. The summed E-state index contributed by atoms with van der Waals surface area (Å²) in [7, 11) is 1.51. The van der Waals surface area contributed by atoms with E-state index in [4.69, 9.17) is 14.2 Å². The third-order valence-electron chi connectivity index (χ3n) is 3.91. The molecule has 0 aromatic heterocycles. The summed E-state index contributed by atoms with van der Waals surface area (Å²) in [5, 5.41) is 0.705. The van der Waals surface area contributed by atoms with Crippen molar-refractivity contribution in [3.05, 3.63) is 27.1 Å². The van der Waals surface area contributed by atoms with Crippen molar-refractivity contribution in [1.29, 1.82) is 0 Å². The predicted octanol–water partition coefficient (Wildman–Crippen LogP) is 4.49. The molecule has 1 aromatic rings. The summed E-state index contributed by atoms with van der Waals surface area (Å²) in [6.07, 6.45) is 1.80. The third-order valence-corrected chi connectivity index (χ3v) is 5.50. The Kier molecular flexibility index (Phi) is 8.78. The normalized spacial score (nSPS) is 16.8. The number of benzene rings is 1. The summed E-state index contributed by atoms with van der Waals surface area (Å²) in [6, 6.07) is 3.66. The Hall–Kier alpha value is -2.00. The molecule has 0 bridgehead atoms. The molecule has 30 heavy (non-hydrogen) atoms. The molecule has 9 heteroatoms. The maximum atomic E-state index is 12.9. The van der Waals surface area contributed by atoms with Crippen LogP contribution in [0.25, 0.3) is 6.08 Å². The Morgan fingerprint density at radius 3 is 2.57 bits per heavy atom. The predicted molar refractivity (Wildman–Crippen MR) is 123 cm³/mol. The van der Waals surface area contributed by atoms with Crippen molar-refractivity contribution >= 4 is 50.8 Å². The number of nitrogens with zero attached hydrogens (tertiary/aromatic N) is 2. The van der Waals surface area contributed by atoms with Crippen LogP contribution in [0.5, 0.6) is 11.5 Å². The van der Waals surface area contributed by atoms with Gasteiger partial charge in [-0.1, -0.05) is 0 Å². The second kappa shape index (κ2) is 10.9. The first-order valence-corrected chi connectivity index (χ1v) is 11.3. The number of aliphatic imine (C=N–C) groups is 1. The Morgan fingerprint density at radius 2 is 2.00 bits per heavy atom. The van der Waals surface area contributed by atoms with Crippen LogP contribution in [0.1, 0.15) is 40.2 Å². The number of amidine groups is 1. The highest BCUT2D eigenvalue weighted by molar-refractivity contribution is 9.10. The third kappa shape index (κ3) is 6.01. The second-order valence-electron chi connectivity index (χ2n) is 7.01. The number of hydrogen-bond donors (Lipinski definition) is 0. The van der Waals surface area contributed by atoms with Gasteiger partial charge in [0.15, 0.2) is 23.3 Å². The van der Waals surface area contributed by atoms with Gasteiger partial charge in [0, 0.05) is 12.1 Å². The van der Waals surface area contributed by atoms with Crippen LogP contribution >= 0.6 is 27.7 Å². The van der Waals surface area contributed by atoms with Gasteiger partial charge >= 0.3 is 5.97 Å². The molecule has 0 spiro atoms. The Morgan fingerprint density at radius 1 is 1.30 bits per heavy atom. The zero-order chi connectivity index (χ0) is 22.4. The Labute approximate surface area is 190 Å². The summed E-state index contributed by atoms with van der Waals surface area (Å²) in [5.41, 5.74) is 0.757. The summed E-state index contributed by atoms with van der Waals surface area (Å²) in [6.45, 7) is 9.68. The lowest BCUT2D eigenvalue weighted by Gasteiger charge is -2.20. The topological polar surface area (TPSA) is 77.4 Å². The van der Waals surface area contributed by atoms with Crippen LogP contribution < -0.4 is 9.47 Å². The minimum absolute atomic E-state index is 0.00771. The van der Waals surface area contributed by atoms with Gasteiger partial charge in [0.05, 0.1) is 23.1 Å². The van der Waals surface area contributed by atoms with E-state index in [2.05, 4.69) is 20.9 Å². The zero-order valence-corrected chi connectivity index (χ0v) is 20.4. The lowest BCUT2D eigenvalue weighted by molar-refractivity contribution is -0.145. The molecule has 1 heterocycles. The smallest absolute Gasteiger partial charge is 0.344 e. The van der Waals surface area contributed by atoms with Crippen molar-refractivity contribution < 1.29 is 23.8 Å². The molecular formula is C21H27BrN2O5S. The first kappa shape index (κ1) is 24.3. The van der Waals surface area contributed by atoms with Gasteiger partial charge in [0.1, 0.15) is 0 Å². The molecule has 7 nitrogen and oxygen atoms in total. The van der Waals surface area contributed by atoms with Gasteiger partial charge in [0.25, 0.3) is 5.91 Å². The van der Waals surface area contributed by atoms with Crippen LogP contribution in [0.2, 0.25) is 0 Å². The molecule has 0 unspecified atom stereocenters. The summed E-state index contributed by atoms with van der Waals surface area (Å²) in [5.74, 6) is 0.292. The van der Waals surface area contributed by atoms with E-state index in [0.29, 0.717) is 26.0 Å². The number of hydrogen-bond acceptors (Lipinski definition) is 7. The molecule has 0 saturated carbocycles. The van der Waals surface area contributed by atoms with Crippen molar-refractivity contribution in [2.24, 2.45) is 4.99 Å². The molecule has 1 aromatic carbocycles. The molecule has 1 aliphatic heterocycles. The highest BCUT2D eigenvalue weighted by Gasteiger charge is 2.35. The molecule has 1 amide bonds. The van der Waals surface area contributed by atoms with Crippen LogP contribution in [0.3, 0.4) is 0 Å². The number of thioether (sulfide) groups is 1. The van der Waals surface area contributed by atoms with Crippen molar-refractivity contribution in [1.82, 2.24) is 4.90 Å². The van der Waals surface area contributed by atoms with E-state index in [1.165, 1.54) is 18.9 Å². The van der Waals surface area contributed by atoms with Crippen molar-refractivity contribution in [3.8, 4) is 11.5 Å². The van der Waals surface area contributed by atoms with Gasteiger partial charge in [-0.15, -0.1) is 0 Å². The van der Waals surface area contributed by atoms with Crippen LogP contribution in [-0.4, -0.2) is 54.4 Å². The first-order chi connectivity index (χ1) is 14.2. The number of halogens is 1. The molecule has 2 rings (SSSR count). The van der Waals surface area contributed by atoms with E-state index in [9.17, 15) is 9.59 Å². The molecule has 1 fully saturated rings. The van der Waals surface area contributed by atoms with Gasteiger partial charge in [-0.2, -0.15) is 0 Å². The molecule has 0 radical (unpaired) electrons. The first-order valence-electron chi connectivity index (χ1n) is 9.64.